The Balaban J connectivity index is 1.76. The molecule has 1 fully saturated rings. The fraction of sp³-hybridized carbons (Fsp3) is 0.292. The Morgan fingerprint density at radius 1 is 1.09 bits per heavy atom. The Morgan fingerprint density at radius 2 is 1.78 bits per heavy atom. The molecule has 1 aromatic heterocycles. The second kappa shape index (κ2) is 8.47. The highest BCUT2D eigenvalue weighted by Crippen LogP contribution is 2.25. The van der Waals surface area contributed by atoms with Crippen molar-refractivity contribution in [2.75, 3.05) is 27.2 Å². The summed E-state index contributed by atoms with van der Waals surface area (Å²) in [4.78, 5) is 29.0. The summed E-state index contributed by atoms with van der Waals surface area (Å²) in [6, 6.07) is 14.6. The number of carbonyl (C=O) groups excluding carboxylic acids is 2. The highest BCUT2D eigenvalue weighted by molar-refractivity contribution is 6.02. The molecule has 3 aromatic rings. The molecule has 1 aliphatic rings. The molecule has 2 heterocycles. The third-order valence-electron chi connectivity index (χ3n) is 6.25. The van der Waals surface area contributed by atoms with Gasteiger partial charge in [-0.25, -0.2) is 0 Å². The van der Waals surface area contributed by atoms with Crippen LogP contribution in [0.15, 0.2) is 48.5 Å². The van der Waals surface area contributed by atoms with Crippen LogP contribution in [0.1, 0.15) is 38.4 Å². The van der Waals surface area contributed by atoms with Gasteiger partial charge in [0, 0.05) is 48.2 Å². The number of primary amides is 1. The average molecular weight is 433 g/mol. The number of nitrogens with zero attached hydrogens (tertiary/aromatic N) is 3. The van der Waals surface area contributed by atoms with Gasteiger partial charge in [0.15, 0.2) is 0 Å². The van der Waals surface area contributed by atoms with E-state index in [-0.39, 0.29) is 17.8 Å². The number of nitrogens with one attached hydrogen (secondary N) is 1. The number of nitrogens with two attached hydrogens (primary N) is 2. The lowest BCUT2D eigenvalue weighted by atomic mass is 10.1. The van der Waals surface area contributed by atoms with E-state index in [2.05, 4.69) is 11.9 Å². The summed E-state index contributed by atoms with van der Waals surface area (Å²) < 4.78 is 1.96. The summed E-state index contributed by atoms with van der Waals surface area (Å²) in [6.45, 7) is 2.26. The van der Waals surface area contributed by atoms with Crippen molar-refractivity contribution in [3.8, 4) is 0 Å². The first-order valence-electron chi connectivity index (χ1n) is 10.6. The Morgan fingerprint density at radius 3 is 2.38 bits per heavy atom. The Kier molecular flexibility index (Phi) is 5.71. The van der Waals surface area contributed by atoms with Crippen LogP contribution in [0.2, 0.25) is 0 Å². The van der Waals surface area contributed by atoms with Gasteiger partial charge in [-0.3, -0.25) is 15.0 Å². The Hall–Kier alpha value is -3.65. The number of likely N-dealkylation sites (tertiary alicyclic amines) is 1. The lowest BCUT2D eigenvalue weighted by Gasteiger charge is -2.25. The molecule has 0 bridgehead atoms. The van der Waals surface area contributed by atoms with Gasteiger partial charge in [0.2, 0.25) is 5.91 Å². The molecule has 0 aliphatic carbocycles. The van der Waals surface area contributed by atoms with Crippen LogP contribution in [0, 0.1) is 5.41 Å². The Bertz CT molecular complexity index is 1200. The summed E-state index contributed by atoms with van der Waals surface area (Å²) in [7, 11) is 3.92. The van der Waals surface area contributed by atoms with E-state index in [1.165, 1.54) is 0 Å². The number of benzene rings is 2. The van der Waals surface area contributed by atoms with Crippen LogP contribution in [-0.2, 0) is 6.54 Å². The lowest BCUT2D eigenvalue weighted by Crippen LogP contribution is -2.39. The van der Waals surface area contributed by atoms with Crippen molar-refractivity contribution in [2.45, 2.75) is 19.0 Å². The minimum absolute atomic E-state index is 0.0237. The first-order valence-corrected chi connectivity index (χ1v) is 10.6. The van der Waals surface area contributed by atoms with Crippen molar-refractivity contribution in [2.24, 2.45) is 11.5 Å². The minimum Gasteiger partial charge on any atom is -0.384 e. The first kappa shape index (κ1) is 21.6. The molecule has 1 saturated heterocycles. The molecular weight excluding hydrogens is 404 g/mol. The molecule has 1 aliphatic heterocycles. The first-order chi connectivity index (χ1) is 15.2. The number of aromatic nitrogens is 1. The zero-order valence-electron chi connectivity index (χ0n) is 18.3. The van der Waals surface area contributed by atoms with Crippen molar-refractivity contribution in [3.63, 3.8) is 0 Å². The average Bonchev–Trinajstić information content (AvgIpc) is 3.36. The minimum atomic E-state index is -0.479. The SMILES string of the molecule is CN1CCC(N(C)C(=O)c2cc3ccc(C(=N)N)cc3n2Cc2ccc(C(N)=O)cc2)C1. The number of likely N-dealkylation sites (N-methyl/N-ethyl adjacent to an activating group) is 2. The number of rotatable bonds is 6. The highest BCUT2D eigenvalue weighted by Gasteiger charge is 2.29. The van der Waals surface area contributed by atoms with Gasteiger partial charge in [0.1, 0.15) is 11.5 Å². The van der Waals surface area contributed by atoms with Gasteiger partial charge in [-0.2, -0.15) is 0 Å². The van der Waals surface area contributed by atoms with Crippen molar-refractivity contribution in [3.05, 3.63) is 70.9 Å². The summed E-state index contributed by atoms with van der Waals surface area (Å²) >= 11 is 0. The fourth-order valence-electron chi connectivity index (χ4n) is 4.30. The smallest absolute Gasteiger partial charge is 0.270 e. The molecule has 5 N–H and O–H groups in total. The van der Waals surface area contributed by atoms with E-state index in [0.717, 1.165) is 36.0 Å². The highest BCUT2D eigenvalue weighted by atomic mass is 16.2. The predicted molar refractivity (Wildman–Crippen MR) is 125 cm³/mol. The van der Waals surface area contributed by atoms with Crippen LogP contribution in [0.25, 0.3) is 10.9 Å². The summed E-state index contributed by atoms with van der Waals surface area (Å²) in [5.41, 5.74) is 14.4. The van der Waals surface area contributed by atoms with Gasteiger partial charge >= 0.3 is 0 Å². The topological polar surface area (TPSA) is 121 Å². The van der Waals surface area contributed by atoms with E-state index in [1.807, 2.05) is 46.8 Å². The quantitative estimate of drug-likeness (QED) is 0.406. The van der Waals surface area contributed by atoms with Crippen LogP contribution in [0.5, 0.6) is 0 Å². The molecule has 2 aromatic carbocycles. The molecule has 8 nitrogen and oxygen atoms in total. The van der Waals surface area contributed by atoms with E-state index in [1.54, 1.807) is 18.2 Å². The molecule has 0 radical (unpaired) electrons. The summed E-state index contributed by atoms with van der Waals surface area (Å²) in [5.74, 6) is -0.544. The molecule has 4 rings (SSSR count). The fourth-order valence-corrected chi connectivity index (χ4v) is 4.30. The second-order valence-electron chi connectivity index (χ2n) is 8.48. The molecule has 0 saturated carbocycles. The van der Waals surface area contributed by atoms with Crippen LogP contribution in [-0.4, -0.2) is 65.2 Å². The molecule has 8 heteroatoms. The van der Waals surface area contributed by atoms with Gasteiger partial charge in [-0.05, 0) is 49.8 Å². The Labute approximate surface area is 186 Å². The normalized spacial score (nSPS) is 16.4. The monoisotopic (exact) mass is 432 g/mol. The molecule has 1 atom stereocenters. The van der Waals surface area contributed by atoms with Gasteiger partial charge in [0.25, 0.3) is 5.91 Å². The molecule has 1 unspecified atom stereocenters. The van der Waals surface area contributed by atoms with E-state index in [9.17, 15) is 9.59 Å². The number of carbonyl (C=O) groups is 2. The number of hydrogen-bond acceptors (Lipinski definition) is 4. The van der Waals surface area contributed by atoms with E-state index in [0.29, 0.717) is 23.4 Å². The zero-order chi connectivity index (χ0) is 23.0. The van der Waals surface area contributed by atoms with Crippen LogP contribution in [0.3, 0.4) is 0 Å². The second-order valence-corrected chi connectivity index (χ2v) is 8.48. The summed E-state index contributed by atoms with van der Waals surface area (Å²) in [6.07, 6.45) is 0.946. The van der Waals surface area contributed by atoms with Crippen molar-refractivity contribution in [1.29, 1.82) is 5.41 Å². The van der Waals surface area contributed by atoms with E-state index in [4.69, 9.17) is 16.9 Å². The van der Waals surface area contributed by atoms with E-state index >= 15 is 0 Å². The van der Waals surface area contributed by atoms with E-state index < -0.39 is 5.91 Å². The molecular formula is C24H28N6O2. The van der Waals surface area contributed by atoms with Crippen molar-refractivity contribution < 1.29 is 9.59 Å². The number of nitrogen functional groups attached to an aromatic ring is 1. The maximum atomic E-state index is 13.5. The van der Waals surface area contributed by atoms with Gasteiger partial charge in [-0.15, -0.1) is 0 Å². The van der Waals surface area contributed by atoms with Gasteiger partial charge < -0.3 is 25.8 Å². The number of amidine groups is 1. The molecule has 32 heavy (non-hydrogen) atoms. The predicted octanol–water partition coefficient (Wildman–Crippen LogP) is 1.85. The number of amides is 2. The van der Waals surface area contributed by atoms with Crippen LogP contribution in [0.4, 0.5) is 0 Å². The molecule has 0 spiro atoms. The molecule has 166 valence electrons. The van der Waals surface area contributed by atoms with Gasteiger partial charge in [-0.1, -0.05) is 24.3 Å². The lowest BCUT2D eigenvalue weighted by molar-refractivity contribution is 0.0727. The number of fused-ring (bicyclic) bond motifs is 1. The third-order valence-corrected chi connectivity index (χ3v) is 6.25. The summed E-state index contributed by atoms with van der Waals surface area (Å²) in [5, 5.41) is 8.71. The maximum absolute atomic E-state index is 13.5. The molecule has 2 amide bonds. The van der Waals surface area contributed by atoms with Crippen LogP contribution >= 0.6 is 0 Å². The largest absolute Gasteiger partial charge is 0.384 e. The van der Waals surface area contributed by atoms with Crippen molar-refractivity contribution in [1.82, 2.24) is 14.4 Å². The van der Waals surface area contributed by atoms with Crippen LogP contribution < -0.4 is 11.5 Å². The maximum Gasteiger partial charge on any atom is 0.270 e. The third kappa shape index (κ3) is 4.09. The zero-order valence-corrected chi connectivity index (χ0v) is 18.3. The van der Waals surface area contributed by atoms with Gasteiger partial charge in [0.05, 0.1) is 0 Å². The van der Waals surface area contributed by atoms with Crippen molar-refractivity contribution >= 4 is 28.6 Å². The number of hydrogen-bond donors (Lipinski definition) is 3. The standard InChI is InChI=1S/C24H28N6O2/c1-28-10-9-19(14-28)29(2)24(32)21-11-17-7-8-18(22(25)26)12-20(17)30(21)13-15-3-5-16(6-4-15)23(27)31/h3-8,11-12,19H,9-10,13-14H2,1-2H3,(H3,25,26)(H2,27,31).